The van der Waals surface area contributed by atoms with Gasteiger partial charge in [0.25, 0.3) is 17.7 Å². The van der Waals surface area contributed by atoms with E-state index < -0.39 is 54.0 Å². The van der Waals surface area contributed by atoms with Crippen LogP contribution in [0.4, 0.5) is 26.3 Å². The molecule has 2 aliphatic heterocycles. The molecule has 3 aromatic heterocycles. The minimum absolute atomic E-state index is 0.00205. The van der Waals surface area contributed by atoms with Gasteiger partial charge in [-0.3, -0.25) is 43.9 Å². The number of carbonyl (C=O) groups excluding carboxylic acids is 6. The van der Waals surface area contributed by atoms with Gasteiger partial charge in [-0.15, -0.1) is 21.5 Å². The van der Waals surface area contributed by atoms with Gasteiger partial charge in [-0.05, 0) is 87.3 Å². The van der Waals surface area contributed by atoms with Crippen molar-refractivity contribution in [2.45, 2.75) is 38.6 Å². The number of carboxylic acid groups (broad SMARTS) is 1. The average molecular weight is 1080 g/mol. The number of thiazole rings is 2. The number of nitrogens with one attached hydrogen (secondary N) is 4. The van der Waals surface area contributed by atoms with Gasteiger partial charge in [0.05, 0.1) is 54.3 Å². The summed E-state index contributed by atoms with van der Waals surface area (Å²) in [6.07, 6.45) is 0.693. The van der Waals surface area contributed by atoms with Crippen LogP contribution in [0.5, 0.6) is 11.5 Å². The lowest BCUT2D eigenvalue weighted by atomic mass is 10.0. The van der Waals surface area contributed by atoms with Crippen LogP contribution in [-0.2, 0) is 30.3 Å². The lowest BCUT2D eigenvalue weighted by Crippen LogP contribution is -2.54. The molecular formula is C51H50FN11O11S2. The lowest BCUT2D eigenvalue weighted by Gasteiger charge is -2.27. The number of rotatable bonds is 23. The lowest BCUT2D eigenvalue weighted by molar-refractivity contribution is -0.136. The van der Waals surface area contributed by atoms with Crippen molar-refractivity contribution < 1.29 is 57.3 Å². The number of imide groups is 2. The molecule has 2 aliphatic rings. The number of hydrogen-bond donors (Lipinski definition) is 5. The molecule has 76 heavy (non-hydrogen) atoms. The molecule has 5 heterocycles. The highest BCUT2D eigenvalue weighted by atomic mass is 32.1. The molecule has 0 radical (unpaired) electrons. The van der Waals surface area contributed by atoms with E-state index in [1.807, 2.05) is 37.3 Å². The van der Waals surface area contributed by atoms with Crippen molar-refractivity contribution in [3.05, 3.63) is 105 Å². The van der Waals surface area contributed by atoms with E-state index in [1.54, 1.807) is 30.0 Å². The zero-order valence-corrected chi connectivity index (χ0v) is 42.9. The summed E-state index contributed by atoms with van der Waals surface area (Å²) >= 11 is 2.72. The zero-order valence-electron chi connectivity index (χ0n) is 41.3. The first kappa shape index (κ1) is 53.8. The Hall–Kier alpha value is -8.44. The smallest absolute Gasteiger partial charge is 0.355 e. The van der Waals surface area contributed by atoms with Crippen molar-refractivity contribution >= 4 is 96.2 Å². The zero-order chi connectivity index (χ0) is 53.9. The maximum atomic E-state index is 15.0. The predicted molar refractivity (Wildman–Crippen MR) is 277 cm³/mol. The normalized spacial score (nSPS) is 14.0. The molecule has 0 saturated carbocycles. The number of likely N-dealkylation sites (N-methyl/N-ethyl adjacent to an activating group) is 1. The van der Waals surface area contributed by atoms with Crippen LogP contribution in [0, 0.1) is 24.6 Å². The number of nitrogens with zero attached hydrogens (tertiary/aromatic N) is 7. The van der Waals surface area contributed by atoms with E-state index in [0.717, 1.165) is 20.7 Å². The van der Waals surface area contributed by atoms with E-state index in [0.29, 0.717) is 45.2 Å². The largest absolute Gasteiger partial charge is 0.491 e. The molecule has 1 atom stereocenters. The Morgan fingerprint density at radius 2 is 1.70 bits per heavy atom. The summed E-state index contributed by atoms with van der Waals surface area (Å²) in [6.45, 7) is 2.39. The fourth-order valence-electron chi connectivity index (χ4n) is 7.87. The molecule has 5 N–H and O–H groups in total. The number of aromatic nitrogens is 4. The molecule has 6 amide bonds. The van der Waals surface area contributed by atoms with Gasteiger partial charge < -0.3 is 40.2 Å². The van der Waals surface area contributed by atoms with E-state index in [1.165, 1.54) is 53.0 Å². The molecule has 1 unspecified atom stereocenters. The number of fused-ring (bicyclic) bond motifs is 2. The second-order valence-corrected chi connectivity index (χ2v) is 19.4. The van der Waals surface area contributed by atoms with Crippen molar-refractivity contribution in [1.82, 2.24) is 45.9 Å². The highest BCUT2D eigenvalue weighted by Crippen LogP contribution is 2.35. The number of anilines is 4. The van der Waals surface area contributed by atoms with E-state index in [2.05, 4.69) is 53.3 Å². The van der Waals surface area contributed by atoms with Crippen LogP contribution in [-0.4, -0.2) is 149 Å². The van der Waals surface area contributed by atoms with Gasteiger partial charge >= 0.3 is 5.97 Å². The molecule has 0 spiro atoms. The van der Waals surface area contributed by atoms with Crippen LogP contribution in [0.1, 0.15) is 66.5 Å². The van der Waals surface area contributed by atoms with Crippen LogP contribution in [0.25, 0.3) is 10.2 Å². The van der Waals surface area contributed by atoms with E-state index in [-0.39, 0.29) is 93.1 Å². The third kappa shape index (κ3) is 13.3. The number of piperidine rings is 1. The van der Waals surface area contributed by atoms with Gasteiger partial charge in [-0.2, -0.15) is 0 Å². The summed E-state index contributed by atoms with van der Waals surface area (Å²) in [5.41, 5.74) is 1.96. The fraction of sp³-hybridized carbons (Fsp3) is 0.314. The van der Waals surface area contributed by atoms with Crippen molar-refractivity contribution in [2.75, 3.05) is 76.9 Å². The summed E-state index contributed by atoms with van der Waals surface area (Å²) in [4.78, 5) is 101. The minimum atomic E-state index is -1.17. The van der Waals surface area contributed by atoms with Gasteiger partial charge in [0.1, 0.15) is 11.8 Å². The molecule has 8 rings (SSSR count). The highest BCUT2D eigenvalue weighted by Gasteiger charge is 2.46. The first-order valence-corrected chi connectivity index (χ1v) is 25.4. The number of aromatic carboxylic acids is 1. The van der Waals surface area contributed by atoms with E-state index >= 15 is 4.39 Å². The molecular weight excluding hydrogens is 1030 g/mol. The number of para-hydroxylation sites is 1. The molecule has 394 valence electrons. The predicted octanol–water partition coefficient (Wildman–Crippen LogP) is 4.22. The van der Waals surface area contributed by atoms with Crippen molar-refractivity contribution in [2.24, 2.45) is 0 Å². The SMILES string of the molecule is Cc1cc(N(C)c2nc(C(=O)O)c(CCCOc3ccc(C#CCN(C)CC(=O)NCCOCCNC(=O)COc4cccc5c4C(=O)N(C4CCC(=O)NC4=O)C5=O)cc3F)s2)nnc1Nc1nc2ccccc2s1. The number of ether oxygens (including phenoxy) is 3. The molecule has 22 nitrogen and oxygen atoms in total. The van der Waals surface area contributed by atoms with Gasteiger partial charge in [0, 0.05) is 37.0 Å². The molecule has 25 heteroatoms. The highest BCUT2D eigenvalue weighted by molar-refractivity contribution is 7.22. The average Bonchev–Trinajstić information content (AvgIpc) is 4.09. The Kier molecular flexibility index (Phi) is 17.5. The third-order valence-corrected chi connectivity index (χ3v) is 13.8. The van der Waals surface area contributed by atoms with Crippen LogP contribution in [0.15, 0.2) is 66.7 Å². The number of halogens is 1. The Labute approximate surface area is 441 Å². The second-order valence-electron chi connectivity index (χ2n) is 17.3. The van der Waals surface area contributed by atoms with E-state index in [4.69, 9.17) is 14.2 Å². The summed E-state index contributed by atoms with van der Waals surface area (Å²) < 4.78 is 32.8. The van der Waals surface area contributed by atoms with Crippen molar-refractivity contribution in [3.63, 3.8) is 0 Å². The van der Waals surface area contributed by atoms with Gasteiger partial charge in [-0.25, -0.2) is 19.2 Å². The summed E-state index contributed by atoms with van der Waals surface area (Å²) in [5, 5.41) is 30.5. The summed E-state index contributed by atoms with van der Waals surface area (Å²) in [5.74, 6) is 1.59. The second kappa shape index (κ2) is 24.7. The number of benzene rings is 3. The number of carbonyl (C=O) groups is 7. The summed E-state index contributed by atoms with van der Waals surface area (Å²) in [6, 6.07) is 17.2. The molecule has 0 bridgehead atoms. The van der Waals surface area contributed by atoms with Crippen molar-refractivity contribution in [3.8, 4) is 23.3 Å². The van der Waals surface area contributed by atoms with Crippen LogP contribution >= 0.6 is 22.7 Å². The molecule has 1 fully saturated rings. The molecule has 1 saturated heterocycles. The number of hydrogen-bond acceptors (Lipinski definition) is 19. The number of aryl methyl sites for hydroxylation is 2. The Balaban J connectivity index is 0.691. The van der Waals surface area contributed by atoms with Crippen LogP contribution in [0.2, 0.25) is 0 Å². The first-order chi connectivity index (χ1) is 36.6. The minimum Gasteiger partial charge on any atom is -0.491 e. The maximum Gasteiger partial charge on any atom is 0.355 e. The Morgan fingerprint density at radius 1 is 0.908 bits per heavy atom. The number of carboxylic acids is 1. The first-order valence-electron chi connectivity index (χ1n) is 23.8. The third-order valence-electron chi connectivity index (χ3n) is 11.7. The Bertz CT molecular complexity index is 3250. The van der Waals surface area contributed by atoms with Gasteiger partial charge in [0.15, 0.2) is 45.8 Å². The quantitative estimate of drug-likeness (QED) is 0.0341. The van der Waals surface area contributed by atoms with E-state index in [9.17, 15) is 38.7 Å². The monoisotopic (exact) mass is 1080 g/mol. The van der Waals surface area contributed by atoms with Crippen molar-refractivity contribution in [1.29, 1.82) is 0 Å². The van der Waals surface area contributed by atoms with Crippen LogP contribution in [0.3, 0.4) is 0 Å². The topological polar surface area (TPSA) is 277 Å². The van der Waals surface area contributed by atoms with Crippen LogP contribution < -0.4 is 35.6 Å². The standard InChI is InChI=1S/C51H50FN11O11S2/c1-29-25-39(59-60-45(29)58-50-55-33-11-4-5-13-37(33)75-50)62(3)51-57-44(49(70)71)38(76-51)14-8-22-73-35-17-15-30(26-32(35)52)9-7-21-61(2)27-41(65)53-19-23-72-24-20-54-42(66)28-74-36-12-6-10-31-43(36)48(69)63(47(31)68)34-16-18-40(64)56-46(34)67/h4-6,10-13,15,17,25-26,34H,8,14,16,18-24,27-28H2,1-3H3,(H,53,65)(H,54,66)(H,70,71)(H,55,58,60)(H,56,64,67). The Morgan fingerprint density at radius 3 is 2.45 bits per heavy atom. The fourth-order valence-corrected chi connectivity index (χ4v) is 9.80. The molecule has 3 aromatic carbocycles. The number of amides is 6. The summed E-state index contributed by atoms with van der Waals surface area (Å²) in [7, 11) is 3.44. The molecule has 0 aliphatic carbocycles. The van der Waals surface area contributed by atoms with Gasteiger partial charge in [0.2, 0.25) is 17.7 Å². The molecule has 6 aromatic rings. The van der Waals surface area contributed by atoms with Gasteiger partial charge in [-0.1, -0.05) is 41.4 Å². The maximum absolute atomic E-state index is 15.0.